The highest BCUT2D eigenvalue weighted by atomic mass is 32.2. The Morgan fingerprint density at radius 3 is 2.31 bits per heavy atom. The number of ether oxygens (including phenoxy) is 2. The van der Waals surface area contributed by atoms with Gasteiger partial charge in [-0.1, -0.05) is 24.3 Å². The fraction of sp³-hybridized carbons (Fsp3) is 0.200. The van der Waals surface area contributed by atoms with E-state index in [1.54, 1.807) is 63.4 Å². The third kappa shape index (κ3) is 5.01. The Labute approximate surface area is 170 Å². The van der Waals surface area contributed by atoms with Crippen LogP contribution in [0.4, 0.5) is 15.3 Å². The first kappa shape index (κ1) is 20.6. The molecule has 1 N–H and O–H groups in total. The first-order valence-electron chi connectivity index (χ1n) is 8.67. The van der Waals surface area contributed by atoms with E-state index in [9.17, 15) is 18.4 Å². The van der Waals surface area contributed by atoms with E-state index >= 15 is 0 Å². The fourth-order valence-corrected chi connectivity index (χ4v) is 3.02. The first-order valence-corrected chi connectivity index (χ1v) is 9.73. The monoisotopic (exact) mass is 416 g/mol. The Morgan fingerprint density at radius 1 is 1.03 bits per heavy atom. The molecule has 0 saturated carbocycles. The molecule has 1 atom stereocenters. The molecule has 0 saturated heterocycles. The van der Waals surface area contributed by atoms with Crippen LogP contribution in [0.25, 0.3) is 10.8 Å². The standard InChI is InChI=1S/C20H20N2O6S/c1-20(2,3)28-18(23)21-12-14-9-10-16(11-15(14)13-21)22(29(25)26)19(24)27-17-7-5-4-6-8-17/h4-13H,1-3H3,(H,25,26). The van der Waals surface area contributed by atoms with Crippen molar-refractivity contribution in [1.82, 2.24) is 4.57 Å². The summed E-state index contributed by atoms with van der Waals surface area (Å²) in [5.74, 6) is 0.241. The molecule has 0 bridgehead atoms. The van der Waals surface area contributed by atoms with Crippen LogP contribution in [-0.4, -0.2) is 31.1 Å². The summed E-state index contributed by atoms with van der Waals surface area (Å²) in [5.41, 5.74) is -0.508. The Kier molecular flexibility index (Phi) is 5.71. The number of carbonyl (C=O) groups is 2. The van der Waals surface area contributed by atoms with Crippen LogP contribution in [-0.2, 0) is 16.0 Å². The van der Waals surface area contributed by atoms with E-state index in [2.05, 4.69) is 0 Å². The van der Waals surface area contributed by atoms with Crippen molar-refractivity contribution in [3.05, 3.63) is 60.9 Å². The SMILES string of the molecule is CC(C)(C)OC(=O)n1cc2ccc(N(C(=O)Oc3ccccc3)S(=O)O)cc2c1. The summed E-state index contributed by atoms with van der Waals surface area (Å²) >= 11 is -2.66. The van der Waals surface area contributed by atoms with E-state index in [-0.39, 0.29) is 11.4 Å². The zero-order chi connectivity index (χ0) is 21.2. The predicted octanol–water partition coefficient (Wildman–Crippen LogP) is 4.57. The molecule has 1 amide bonds. The van der Waals surface area contributed by atoms with Gasteiger partial charge in [-0.15, -0.1) is 0 Å². The Balaban J connectivity index is 1.89. The van der Waals surface area contributed by atoms with Crippen LogP contribution in [0, 0.1) is 0 Å². The number of anilines is 1. The van der Waals surface area contributed by atoms with Crippen molar-refractivity contribution in [3.63, 3.8) is 0 Å². The minimum Gasteiger partial charge on any atom is -0.443 e. The van der Waals surface area contributed by atoms with Gasteiger partial charge in [0.2, 0.25) is 0 Å². The second kappa shape index (κ2) is 8.06. The molecular formula is C20H20N2O6S. The lowest BCUT2D eigenvalue weighted by Crippen LogP contribution is -2.34. The lowest BCUT2D eigenvalue weighted by atomic mass is 10.2. The van der Waals surface area contributed by atoms with Gasteiger partial charge in [0.05, 0.1) is 5.69 Å². The molecule has 1 unspecified atom stereocenters. The summed E-state index contributed by atoms with van der Waals surface area (Å²) in [6, 6.07) is 12.8. The van der Waals surface area contributed by atoms with Gasteiger partial charge >= 0.3 is 12.2 Å². The molecular weight excluding hydrogens is 396 g/mol. The molecule has 0 aliphatic rings. The lowest BCUT2D eigenvalue weighted by Gasteiger charge is -2.19. The normalized spacial score (nSPS) is 12.4. The topological polar surface area (TPSA) is 98.1 Å². The maximum atomic E-state index is 12.4. The molecule has 29 heavy (non-hydrogen) atoms. The molecule has 0 spiro atoms. The quantitative estimate of drug-likeness (QED) is 0.628. The summed E-state index contributed by atoms with van der Waals surface area (Å²) in [5, 5.41) is 1.27. The van der Waals surface area contributed by atoms with Crippen molar-refractivity contribution < 1.29 is 27.8 Å². The molecule has 1 aromatic heterocycles. The predicted molar refractivity (Wildman–Crippen MR) is 109 cm³/mol. The molecule has 3 rings (SSSR count). The molecule has 152 valence electrons. The van der Waals surface area contributed by atoms with Gasteiger partial charge < -0.3 is 9.47 Å². The Hall–Kier alpha value is -3.17. The third-order valence-corrected chi connectivity index (χ3v) is 4.41. The smallest absolute Gasteiger partial charge is 0.433 e. The number of rotatable bonds is 3. The first-order chi connectivity index (χ1) is 13.6. The number of amides is 1. The largest absolute Gasteiger partial charge is 0.443 e. The Morgan fingerprint density at radius 2 is 1.69 bits per heavy atom. The number of para-hydroxylation sites is 1. The van der Waals surface area contributed by atoms with Crippen molar-refractivity contribution in [1.29, 1.82) is 0 Å². The van der Waals surface area contributed by atoms with Crippen molar-refractivity contribution in [2.75, 3.05) is 4.31 Å². The van der Waals surface area contributed by atoms with Crippen LogP contribution in [0.1, 0.15) is 20.8 Å². The highest BCUT2D eigenvalue weighted by Crippen LogP contribution is 2.25. The maximum absolute atomic E-state index is 12.4. The van der Waals surface area contributed by atoms with Gasteiger partial charge in [0, 0.05) is 23.2 Å². The van der Waals surface area contributed by atoms with Crippen molar-refractivity contribution in [2.24, 2.45) is 0 Å². The number of carbonyl (C=O) groups excluding carboxylic acids is 2. The van der Waals surface area contributed by atoms with E-state index in [0.717, 1.165) is 0 Å². The van der Waals surface area contributed by atoms with E-state index < -0.39 is 29.1 Å². The number of benzene rings is 2. The number of nitrogens with zero attached hydrogens (tertiary/aromatic N) is 2. The van der Waals surface area contributed by atoms with Gasteiger partial charge in [0.1, 0.15) is 11.4 Å². The van der Waals surface area contributed by atoms with Crippen LogP contribution in [0.15, 0.2) is 60.9 Å². The maximum Gasteiger partial charge on any atom is 0.433 e. The fourth-order valence-electron chi connectivity index (χ4n) is 2.57. The summed E-state index contributed by atoms with van der Waals surface area (Å²) in [6.07, 6.45) is 1.54. The van der Waals surface area contributed by atoms with Crippen LogP contribution < -0.4 is 9.04 Å². The molecule has 8 nitrogen and oxygen atoms in total. The number of hydrogen-bond acceptors (Lipinski definition) is 5. The molecule has 1 heterocycles. The molecule has 0 aliphatic heterocycles. The minimum absolute atomic E-state index is 0.140. The number of aromatic nitrogens is 1. The van der Waals surface area contributed by atoms with Gasteiger partial charge in [-0.2, -0.15) is 4.31 Å². The van der Waals surface area contributed by atoms with Crippen LogP contribution in [0.5, 0.6) is 5.75 Å². The number of hydrogen-bond donors (Lipinski definition) is 1. The molecule has 0 aliphatic carbocycles. The molecule has 9 heteroatoms. The summed E-state index contributed by atoms with van der Waals surface area (Å²) in [7, 11) is 0. The van der Waals surface area contributed by atoms with Gasteiger partial charge in [-0.3, -0.25) is 9.12 Å². The second-order valence-electron chi connectivity index (χ2n) is 7.17. The summed E-state index contributed by atoms with van der Waals surface area (Å²) < 4.78 is 33.8. The van der Waals surface area contributed by atoms with Gasteiger partial charge in [-0.05, 0) is 45.0 Å². The van der Waals surface area contributed by atoms with Gasteiger partial charge in [-0.25, -0.2) is 13.8 Å². The van der Waals surface area contributed by atoms with E-state index in [1.807, 2.05) is 0 Å². The molecule has 3 aromatic rings. The summed E-state index contributed by atoms with van der Waals surface area (Å²) in [4.78, 5) is 24.7. The molecule has 2 aromatic carbocycles. The van der Waals surface area contributed by atoms with E-state index in [1.165, 1.54) is 22.9 Å². The van der Waals surface area contributed by atoms with Crippen LogP contribution in [0.3, 0.4) is 0 Å². The van der Waals surface area contributed by atoms with Crippen molar-refractivity contribution in [2.45, 2.75) is 26.4 Å². The highest BCUT2D eigenvalue weighted by Gasteiger charge is 2.24. The molecule has 0 fully saturated rings. The van der Waals surface area contributed by atoms with Crippen molar-refractivity contribution in [3.8, 4) is 5.75 Å². The van der Waals surface area contributed by atoms with E-state index in [0.29, 0.717) is 15.1 Å². The van der Waals surface area contributed by atoms with Gasteiger partial charge in [0.15, 0.2) is 0 Å². The third-order valence-electron chi connectivity index (χ3n) is 3.74. The number of fused-ring (bicyclic) bond motifs is 1. The average Bonchev–Trinajstić information content (AvgIpc) is 3.04. The van der Waals surface area contributed by atoms with Crippen LogP contribution >= 0.6 is 0 Å². The summed E-state index contributed by atoms with van der Waals surface area (Å²) in [6.45, 7) is 5.29. The van der Waals surface area contributed by atoms with E-state index in [4.69, 9.17) is 9.47 Å². The second-order valence-corrected chi connectivity index (χ2v) is 7.99. The zero-order valence-corrected chi connectivity index (χ0v) is 16.9. The lowest BCUT2D eigenvalue weighted by molar-refractivity contribution is 0.0537. The van der Waals surface area contributed by atoms with Gasteiger partial charge in [0.25, 0.3) is 11.3 Å². The van der Waals surface area contributed by atoms with Crippen molar-refractivity contribution >= 4 is 39.9 Å². The Bertz CT molecular complexity index is 1070. The zero-order valence-electron chi connectivity index (χ0n) is 16.1. The average molecular weight is 416 g/mol. The van der Waals surface area contributed by atoms with Crippen LogP contribution in [0.2, 0.25) is 0 Å². The highest BCUT2D eigenvalue weighted by molar-refractivity contribution is 7.81. The molecule has 0 radical (unpaired) electrons. The minimum atomic E-state index is -2.66.